The molecule has 0 saturated heterocycles. The normalized spacial score (nSPS) is 10.8. The van der Waals surface area contributed by atoms with Gasteiger partial charge in [0.15, 0.2) is 0 Å². The topological polar surface area (TPSA) is 34.6 Å². The maximum Gasteiger partial charge on any atom is 0.128 e. The summed E-state index contributed by atoms with van der Waals surface area (Å²) in [5.74, 6) is 1.56. The van der Waals surface area contributed by atoms with E-state index in [1.54, 1.807) is 14.2 Å². The van der Waals surface area contributed by atoms with Crippen molar-refractivity contribution in [3.63, 3.8) is 0 Å². The molecule has 0 bridgehead atoms. The number of nitrogens with zero attached hydrogens (tertiary/aromatic N) is 2. The molecule has 0 aliphatic carbocycles. The van der Waals surface area contributed by atoms with Gasteiger partial charge >= 0.3 is 0 Å². The second-order valence-corrected chi connectivity index (χ2v) is 10.6. The Morgan fingerprint density at radius 1 is 0.465 bits per heavy atom. The molecule has 0 spiro atoms. The summed E-state index contributed by atoms with van der Waals surface area (Å²) >= 11 is 0. The number of ether oxygens (including phenoxy) is 2. The quantitative estimate of drug-likeness (QED) is 0.185. The number of anilines is 3. The first kappa shape index (κ1) is 27.8. The highest BCUT2D eigenvalue weighted by Gasteiger charge is 2.16. The summed E-state index contributed by atoms with van der Waals surface area (Å²) < 4.78 is 11.4. The Kier molecular flexibility index (Phi) is 7.92. The van der Waals surface area contributed by atoms with E-state index in [2.05, 4.69) is 104 Å². The third-order valence-corrected chi connectivity index (χ3v) is 7.63. The Bertz CT molecular complexity index is 1730. The van der Waals surface area contributed by atoms with Gasteiger partial charge in [0.2, 0.25) is 0 Å². The first-order chi connectivity index (χ1) is 21.0. The van der Waals surface area contributed by atoms with Crippen LogP contribution in [0.25, 0.3) is 33.6 Å². The predicted molar refractivity (Wildman–Crippen MR) is 178 cm³/mol. The highest BCUT2D eigenvalue weighted by molar-refractivity contribution is 5.82. The zero-order valence-corrected chi connectivity index (χ0v) is 24.9. The Labute approximate surface area is 253 Å². The molecule has 1 aromatic heterocycles. The molecular weight excluding hydrogens is 528 g/mol. The molecular formula is C39H34N2O2. The van der Waals surface area contributed by atoms with E-state index in [4.69, 9.17) is 14.5 Å². The third-order valence-electron chi connectivity index (χ3n) is 7.63. The van der Waals surface area contributed by atoms with Crippen LogP contribution in [0.3, 0.4) is 0 Å². The fourth-order valence-electron chi connectivity index (χ4n) is 5.32. The lowest BCUT2D eigenvalue weighted by Gasteiger charge is -2.26. The molecule has 0 fully saturated rings. The molecule has 43 heavy (non-hydrogen) atoms. The van der Waals surface area contributed by atoms with Crippen molar-refractivity contribution in [3.8, 4) is 45.1 Å². The Morgan fingerprint density at radius 2 is 0.860 bits per heavy atom. The van der Waals surface area contributed by atoms with Crippen molar-refractivity contribution in [2.75, 3.05) is 19.1 Å². The second kappa shape index (κ2) is 12.3. The van der Waals surface area contributed by atoms with Crippen LogP contribution in [-0.4, -0.2) is 19.2 Å². The van der Waals surface area contributed by atoms with Gasteiger partial charge in [0, 0.05) is 28.2 Å². The fraction of sp³-hybridized carbons (Fsp3) is 0.103. The van der Waals surface area contributed by atoms with Crippen LogP contribution in [0.5, 0.6) is 11.5 Å². The van der Waals surface area contributed by atoms with E-state index >= 15 is 0 Å². The van der Waals surface area contributed by atoms with Crippen LogP contribution in [0.1, 0.15) is 11.1 Å². The van der Waals surface area contributed by atoms with Crippen molar-refractivity contribution >= 4 is 17.1 Å². The lowest BCUT2D eigenvalue weighted by molar-refractivity contribution is 0.416. The fourth-order valence-corrected chi connectivity index (χ4v) is 5.32. The van der Waals surface area contributed by atoms with Crippen LogP contribution in [0, 0.1) is 13.8 Å². The lowest BCUT2D eigenvalue weighted by Crippen LogP contribution is -2.09. The summed E-state index contributed by atoms with van der Waals surface area (Å²) in [6.45, 7) is 4.23. The van der Waals surface area contributed by atoms with Gasteiger partial charge < -0.3 is 14.4 Å². The minimum Gasteiger partial charge on any atom is -0.496 e. The maximum absolute atomic E-state index is 5.71. The summed E-state index contributed by atoms with van der Waals surface area (Å²) in [4.78, 5) is 7.38. The standard InChI is InChI=1S/C39H34N2O2/c1-27-13-19-31(20-14-27)41(32-21-15-28(2)16-22-32)33-23-17-29(18-24-33)30-25-36(34-9-5-7-11-38(34)42-3)40-37(26-30)35-10-6-8-12-39(35)43-4/h5-26H,1-4H3. The summed E-state index contributed by atoms with van der Waals surface area (Å²) in [7, 11) is 3.38. The van der Waals surface area contributed by atoms with Crippen molar-refractivity contribution in [1.82, 2.24) is 4.98 Å². The van der Waals surface area contributed by atoms with Gasteiger partial charge in [0.05, 0.1) is 25.6 Å². The molecule has 0 aliphatic heterocycles. The SMILES string of the molecule is COc1ccccc1-c1cc(-c2ccc(N(c3ccc(C)cc3)c3ccc(C)cc3)cc2)cc(-c2ccccc2OC)n1. The number of aromatic nitrogens is 1. The predicted octanol–water partition coefficient (Wildman–Crippen LogP) is 10.2. The second-order valence-electron chi connectivity index (χ2n) is 10.6. The number of rotatable bonds is 8. The van der Waals surface area contributed by atoms with Gasteiger partial charge in [-0.3, -0.25) is 0 Å². The van der Waals surface area contributed by atoms with Crippen molar-refractivity contribution in [1.29, 1.82) is 0 Å². The number of benzene rings is 5. The van der Waals surface area contributed by atoms with Crippen LogP contribution in [0.15, 0.2) is 133 Å². The molecule has 4 nitrogen and oxygen atoms in total. The largest absolute Gasteiger partial charge is 0.496 e. The van der Waals surface area contributed by atoms with E-state index < -0.39 is 0 Å². The first-order valence-electron chi connectivity index (χ1n) is 14.4. The van der Waals surface area contributed by atoms with E-state index in [0.717, 1.165) is 62.2 Å². The Balaban J connectivity index is 1.47. The average molecular weight is 563 g/mol. The van der Waals surface area contributed by atoms with Crippen LogP contribution in [0.2, 0.25) is 0 Å². The molecule has 0 saturated carbocycles. The number of pyridine rings is 1. The Morgan fingerprint density at radius 3 is 1.28 bits per heavy atom. The van der Waals surface area contributed by atoms with Gasteiger partial charge in [-0.25, -0.2) is 4.98 Å². The lowest BCUT2D eigenvalue weighted by atomic mass is 9.99. The zero-order chi connectivity index (χ0) is 29.8. The highest BCUT2D eigenvalue weighted by Crippen LogP contribution is 2.39. The van der Waals surface area contributed by atoms with Crippen molar-refractivity contribution < 1.29 is 9.47 Å². The summed E-state index contributed by atoms with van der Waals surface area (Å²) in [6, 6.07) is 46.3. The van der Waals surface area contributed by atoms with Gasteiger partial charge in [-0.15, -0.1) is 0 Å². The van der Waals surface area contributed by atoms with Gasteiger partial charge in [-0.1, -0.05) is 71.8 Å². The molecule has 0 atom stereocenters. The molecule has 6 rings (SSSR count). The molecule has 0 N–H and O–H groups in total. The minimum absolute atomic E-state index is 0.778. The number of para-hydroxylation sites is 2. The van der Waals surface area contributed by atoms with Crippen LogP contribution >= 0.6 is 0 Å². The summed E-state index contributed by atoms with van der Waals surface area (Å²) in [6.07, 6.45) is 0. The van der Waals surface area contributed by atoms with Crippen molar-refractivity contribution in [3.05, 3.63) is 145 Å². The van der Waals surface area contributed by atoms with Gasteiger partial charge in [-0.05, 0) is 97.8 Å². The minimum atomic E-state index is 0.778. The number of hydrogen-bond acceptors (Lipinski definition) is 4. The Hall–Kier alpha value is -5.35. The van der Waals surface area contributed by atoms with Gasteiger partial charge in [0.25, 0.3) is 0 Å². The smallest absolute Gasteiger partial charge is 0.128 e. The molecule has 0 radical (unpaired) electrons. The van der Waals surface area contributed by atoms with Crippen LogP contribution in [0.4, 0.5) is 17.1 Å². The van der Waals surface area contributed by atoms with Gasteiger partial charge in [-0.2, -0.15) is 0 Å². The number of hydrogen-bond donors (Lipinski definition) is 0. The van der Waals surface area contributed by atoms with E-state index in [1.807, 2.05) is 48.5 Å². The molecule has 4 heteroatoms. The molecule has 0 aliphatic rings. The number of aryl methyl sites for hydroxylation is 2. The molecule has 5 aromatic carbocycles. The van der Waals surface area contributed by atoms with Crippen LogP contribution in [-0.2, 0) is 0 Å². The van der Waals surface area contributed by atoms with Crippen LogP contribution < -0.4 is 14.4 Å². The monoisotopic (exact) mass is 562 g/mol. The molecule has 0 amide bonds. The molecule has 1 heterocycles. The van der Waals surface area contributed by atoms with Crippen molar-refractivity contribution in [2.24, 2.45) is 0 Å². The zero-order valence-electron chi connectivity index (χ0n) is 24.9. The molecule has 0 unspecified atom stereocenters. The van der Waals surface area contributed by atoms with E-state index in [1.165, 1.54) is 11.1 Å². The van der Waals surface area contributed by atoms with E-state index in [-0.39, 0.29) is 0 Å². The average Bonchev–Trinajstić information content (AvgIpc) is 3.06. The maximum atomic E-state index is 5.71. The van der Waals surface area contributed by atoms with E-state index in [9.17, 15) is 0 Å². The van der Waals surface area contributed by atoms with Gasteiger partial charge in [0.1, 0.15) is 11.5 Å². The third kappa shape index (κ3) is 5.86. The summed E-state index contributed by atoms with van der Waals surface area (Å²) in [5.41, 5.74) is 11.5. The highest BCUT2D eigenvalue weighted by atomic mass is 16.5. The van der Waals surface area contributed by atoms with E-state index in [0.29, 0.717) is 0 Å². The number of methoxy groups -OCH3 is 2. The van der Waals surface area contributed by atoms with Crippen molar-refractivity contribution in [2.45, 2.75) is 13.8 Å². The molecule has 212 valence electrons. The summed E-state index contributed by atoms with van der Waals surface area (Å²) in [5, 5.41) is 0. The first-order valence-corrected chi connectivity index (χ1v) is 14.4. The molecule has 6 aromatic rings.